The molecule has 0 spiro atoms. The van der Waals surface area contributed by atoms with Gasteiger partial charge in [0.25, 0.3) is 0 Å². The highest BCUT2D eigenvalue weighted by atomic mass is 16.3. The molecule has 2 aliphatic carbocycles. The van der Waals surface area contributed by atoms with Crippen molar-refractivity contribution in [1.82, 2.24) is 0 Å². The highest BCUT2D eigenvalue weighted by Gasteiger charge is 2.53. The minimum absolute atomic E-state index is 0.0103. The minimum Gasteiger partial charge on any atom is -0.390 e. The fraction of sp³-hybridized carbons (Fsp3) is 0.800. The maximum absolute atomic E-state index is 12.2. The Balaban J connectivity index is 2.45. The van der Waals surface area contributed by atoms with Crippen molar-refractivity contribution in [3.05, 3.63) is 11.1 Å². The summed E-state index contributed by atoms with van der Waals surface area (Å²) >= 11 is 0. The van der Waals surface area contributed by atoms with Gasteiger partial charge in [0.1, 0.15) is 0 Å². The lowest BCUT2D eigenvalue weighted by atomic mass is 9.76. The summed E-state index contributed by atoms with van der Waals surface area (Å²) in [5, 5.41) is 21.1. The molecule has 2 rings (SSSR count). The van der Waals surface area contributed by atoms with Crippen molar-refractivity contribution in [2.24, 2.45) is 11.8 Å². The van der Waals surface area contributed by atoms with Crippen LogP contribution in [0.2, 0.25) is 0 Å². The van der Waals surface area contributed by atoms with Gasteiger partial charge in [0, 0.05) is 6.42 Å². The van der Waals surface area contributed by atoms with Gasteiger partial charge in [-0.1, -0.05) is 5.57 Å². The molecule has 0 heterocycles. The van der Waals surface area contributed by atoms with Gasteiger partial charge >= 0.3 is 0 Å². The van der Waals surface area contributed by atoms with E-state index in [1.54, 1.807) is 6.92 Å². The zero-order chi connectivity index (χ0) is 13.7. The van der Waals surface area contributed by atoms with E-state index < -0.39 is 11.2 Å². The molecule has 0 aromatic rings. The summed E-state index contributed by atoms with van der Waals surface area (Å²) in [6.45, 7) is 7.46. The van der Waals surface area contributed by atoms with Gasteiger partial charge in [-0.3, -0.25) is 4.79 Å². The van der Waals surface area contributed by atoms with E-state index in [0.29, 0.717) is 12.8 Å². The molecule has 0 radical (unpaired) electrons. The quantitative estimate of drug-likeness (QED) is 0.650. The molecule has 0 saturated heterocycles. The topological polar surface area (TPSA) is 57.5 Å². The number of hydrogen-bond acceptors (Lipinski definition) is 3. The van der Waals surface area contributed by atoms with Crippen LogP contribution in [0, 0.1) is 11.8 Å². The molecular formula is C15H24O3. The number of ketones is 1. The van der Waals surface area contributed by atoms with Crippen molar-refractivity contribution in [3.63, 3.8) is 0 Å². The van der Waals surface area contributed by atoms with Crippen molar-refractivity contribution in [2.75, 3.05) is 0 Å². The zero-order valence-electron chi connectivity index (χ0n) is 11.8. The Hall–Kier alpha value is -0.670. The molecular weight excluding hydrogens is 228 g/mol. The molecule has 18 heavy (non-hydrogen) atoms. The van der Waals surface area contributed by atoms with Crippen molar-refractivity contribution < 1.29 is 15.0 Å². The summed E-state index contributed by atoms with van der Waals surface area (Å²) in [5.74, 6) is 0.0577. The van der Waals surface area contributed by atoms with Gasteiger partial charge in [0.15, 0.2) is 5.78 Å². The minimum atomic E-state index is -0.987. The number of rotatable bonds is 0. The first kappa shape index (κ1) is 13.8. The number of aliphatic hydroxyl groups is 2. The van der Waals surface area contributed by atoms with Gasteiger partial charge in [0.05, 0.1) is 11.2 Å². The summed E-state index contributed by atoms with van der Waals surface area (Å²) in [5.41, 5.74) is 0.0727. The Kier molecular flexibility index (Phi) is 3.19. The lowest BCUT2D eigenvalue weighted by Crippen LogP contribution is -2.41. The average Bonchev–Trinajstić information content (AvgIpc) is 2.43. The van der Waals surface area contributed by atoms with E-state index in [0.717, 1.165) is 17.6 Å². The Labute approximate surface area is 109 Å². The fourth-order valence-corrected chi connectivity index (χ4v) is 3.75. The van der Waals surface area contributed by atoms with Crippen molar-refractivity contribution in [1.29, 1.82) is 0 Å². The van der Waals surface area contributed by atoms with Crippen LogP contribution in [0.3, 0.4) is 0 Å². The van der Waals surface area contributed by atoms with E-state index in [1.165, 1.54) is 0 Å². The first-order valence-electron chi connectivity index (χ1n) is 6.79. The molecule has 2 aliphatic rings. The summed E-state index contributed by atoms with van der Waals surface area (Å²) in [6, 6.07) is 0. The van der Waals surface area contributed by atoms with Crippen LogP contribution in [0.15, 0.2) is 11.1 Å². The van der Waals surface area contributed by atoms with Crippen molar-refractivity contribution in [2.45, 2.75) is 64.6 Å². The van der Waals surface area contributed by atoms with Crippen LogP contribution in [0.4, 0.5) is 0 Å². The Morgan fingerprint density at radius 3 is 2.33 bits per heavy atom. The van der Waals surface area contributed by atoms with Gasteiger partial charge in [-0.05, 0) is 64.4 Å². The van der Waals surface area contributed by atoms with Gasteiger partial charge in [0.2, 0.25) is 0 Å². The molecule has 0 bridgehead atoms. The first-order chi connectivity index (χ1) is 8.15. The second-order valence-corrected chi connectivity index (χ2v) is 6.75. The lowest BCUT2D eigenvalue weighted by molar-refractivity contribution is -0.121. The van der Waals surface area contributed by atoms with Crippen LogP contribution in [0.1, 0.15) is 53.4 Å². The Bertz CT molecular complexity index is 400. The third kappa shape index (κ3) is 2.14. The third-order valence-corrected chi connectivity index (χ3v) is 4.93. The molecule has 0 aromatic heterocycles. The standard InChI is InChI=1S/C15H24O3/c1-9(2)10-7-12-11(5-6-14(12,3)17)15(4,18)8-13(10)16/h11-12,17-18H,5-8H2,1-4H3/t11-,12-,14+,15-/m0/s1. The third-order valence-electron chi connectivity index (χ3n) is 4.93. The van der Waals surface area contributed by atoms with Crippen molar-refractivity contribution >= 4 is 5.78 Å². The maximum Gasteiger partial charge on any atom is 0.161 e. The predicted octanol–water partition coefficient (Wildman–Crippen LogP) is 2.21. The number of allylic oxidation sites excluding steroid dienone is 2. The zero-order valence-corrected chi connectivity index (χ0v) is 11.8. The fourth-order valence-electron chi connectivity index (χ4n) is 3.75. The SMILES string of the molecule is CC(C)=C1C[C@H]2[C@H](CC[C@@]2(C)O)[C@@](C)(O)CC1=O. The van der Waals surface area contributed by atoms with Crippen LogP contribution < -0.4 is 0 Å². The number of hydrogen-bond donors (Lipinski definition) is 2. The van der Waals surface area contributed by atoms with Crippen LogP contribution >= 0.6 is 0 Å². The second kappa shape index (κ2) is 4.17. The largest absolute Gasteiger partial charge is 0.390 e. The van der Waals surface area contributed by atoms with Crippen LogP contribution in [0.5, 0.6) is 0 Å². The summed E-state index contributed by atoms with van der Waals surface area (Å²) in [7, 11) is 0. The summed E-state index contributed by atoms with van der Waals surface area (Å²) in [4.78, 5) is 12.2. The van der Waals surface area contributed by atoms with E-state index in [1.807, 2.05) is 20.8 Å². The molecule has 0 aromatic carbocycles. The second-order valence-electron chi connectivity index (χ2n) is 6.75. The number of carbonyl (C=O) groups excluding carboxylic acids is 1. The monoisotopic (exact) mass is 252 g/mol. The number of carbonyl (C=O) groups is 1. The summed E-state index contributed by atoms with van der Waals surface area (Å²) in [6.07, 6.45) is 2.30. The first-order valence-corrected chi connectivity index (χ1v) is 6.79. The highest BCUT2D eigenvalue weighted by Crippen LogP contribution is 2.51. The molecule has 0 amide bonds. The van der Waals surface area contributed by atoms with Crippen LogP contribution in [0.25, 0.3) is 0 Å². The molecule has 2 N–H and O–H groups in total. The molecule has 2 fully saturated rings. The maximum atomic E-state index is 12.2. The Morgan fingerprint density at radius 2 is 1.78 bits per heavy atom. The van der Waals surface area contributed by atoms with Gasteiger partial charge in [-0.2, -0.15) is 0 Å². The van der Waals surface area contributed by atoms with E-state index in [9.17, 15) is 15.0 Å². The lowest BCUT2D eigenvalue weighted by Gasteiger charge is -2.34. The van der Waals surface area contributed by atoms with Crippen LogP contribution in [-0.2, 0) is 4.79 Å². The molecule has 0 aliphatic heterocycles. The van der Waals surface area contributed by atoms with Gasteiger partial charge in [-0.25, -0.2) is 0 Å². The predicted molar refractivity (Wildman–Crippen MR) is 70.1 cm³/mol. The van der Waals surface area contributed by atoms with Gasteiger partial charge < -0.3 is 10.2 Å². The van der Waals surface area contributed by atoms with Crippen LogP contribution in [-0.4, -0.2) is 27.2 Å². The van der Waals surface area contributed by atoms with E-state index >= 15 is 0 Å². The van der Waals surface area contributed by atoms with E-state index in [2.05, 4.69) is 0 Å². The normalized spacial score (nSPS) is 44.8. The molecule has 3 nitrogen and oxygen atoms in total. The smallest absolute Gasteiger partial charge is 0.161 e. The van der Waals surface area contributed by atoms with Crippen molar-refractivity contribution in [3.8, 4) is 0 Å². The highest BCUT2D eigenvalue weighted by molar-refractivity contribution is 5.97. The Morgan fingerprint density at radius 1 is 1.17 bits per heavy atom. The van der Waals surface area contributed by atoms with E-state index in [-0.39, 0.29) is 24.0 Å². The van der Waals surface area contributed by atoms with E-state index in [4.69, 9.17) is 0 Å². The van der Waals surface area contributed by atoms with Gasteiger partial charge in [-0.15, -0.1) is 0 Å². The number of fused-ring (bicyclic) bond motifs is 1. The molecule has 4 atom stereocenters. The molecule has 3 heteroatoms. The molecule has 2 saturated carbocycles. The molecule has 102 valence electrons. The average molecular weight is 252 g/mol. The number of Topliss-reactive ketones (excluding diaryl/α,β-unsaturated/α-hetero) is 1. The molecule has 0 unspecified atom stereocenters. The summed E-state index contributed by atoms with van der Waals surface area (Å²) < 4.78 is 0.